The minimum absolute atomic E-state index is 0.366. The van der Waals surface area contributed by atoms with Gasteiger partial charge in [-0.25, -0.2) is 4.79 Å². The summed E-state index contributed by atoms with van der Waals surface area (Å²) in [5, 5.41) is 0. The van der Waals surface area contributed by atoms with Gasteiger partial charge in [0.05, 0.1) is 0 Å². The maximum absolute atomic E-state index is 10.6. The van der Waals surface area contributed by atoms with E-state index in [0.29, 0.717) is 32.2 Å². The van der Waals surface area contributed by atoms with Crippen molar-refractivity contribution in [2.45, 2.75) is 46.7 Å². The van der Waals surface area contributed by atoms with E-state index in [9.17, 15) is 4.79 Å². The third-order valence-corrected chi connectivity index (χ3v) is 5.60. The van der Waals surface area contributed by atoms with Crippen LogP contribution in [-0.4, -0.2) is 40.4 Å². The molecule has 106 valence electrons. The highest BCUT2D eigenvalue weighted by Gasteiger charge is 2.50. The maximum Gasteiger partial charge on any atom is 0.527 e. The zero-order chi connectivity index (χ0) is 14.0. The summed E-state index contributed by atoms with van der Waals surface area (Å²) in [5.41, 5.74) is -0.366. The van der Waals surface area contributed by atoms with Crippen molar-refractivity contribution < 1.29 is 18.1 Å². The molecule has 0 spiro atoms. The fraction of sp³-hybridized carbons (Fsp3) is 0.917. The summed E-state index contributed by atoms with van der Waals surface area (Å²) >= 11 is 0. The molecule has 0 aliphatic rings. The van der Waals surface area contributed by atoms with Gasteiger partial charge in [0.1, 0.15) is 5.67 Å². The molecule has 0 fully saturated rings. The topological polar surface area (TPSA) is 57.1 Å². The molecule has 0 N–H and O–H groups in total. The molecule has 6 heteroatoms. The minimum atomic E-state index is -2.94. The Bertz CT molecular complexity index is 250. The molecule has 5 nitrogen and oxygen atoms in total. The van der Waals surface area contributed by atoms with Crippen molar-refractivity contribution in [2.24, 2.45) is 10.9 Å². The van der Waals surface area contributed by atoms with E-state index >= 15 is 0 Å². The van der Waals surface area contributed by atoms with Gasteiger partial charge in [-0.15, -0.1) is 0 Å². The van der Waals surface area contributed by atoms with Gasteiger partial charge in [0.15, 0.2) is 0 Å². The normalized spacial score (nSPS) is 13.4. The molecule has 0 heterocycles. The van der Waals surface area contributed by atoms with Crippen LogP contribution in [0.4, 0.5) is 0 Å². The van der Waals surface area contributed by atoms with Gasteiger partial charge in [0.2, 0.25) is 6.08 Å². The predicted octanol–water partition coefficient (Wildman–Crippen LogP) is 2.32. The second kappa shape index (κ2) is 9.41. The van der Waals surface area contributed by atoms with Crippen molar-refractivity contribution in [3.63, 3.8) is 0 Å². The third kappa shape index (κ3) is 5.41. The third-order valence-electron chi connectivity index (χ3n) is 2.35. The Kier molecular flexibility index (Phi) is 9.14. The first kappa shape index (κ1) is 17.5. The van der Waals surface area contributed by atoms with Gasteiger partial charge in [-0.3, -0.25) is 0 Å². The molecule has 1 atom stereocenters. The molecule has 1 unspecified atom stereocenters. The second-order valence-corrected chi connectivity index (χ2v) is 7.01. The monoisotopic (exact) mass is 275 g/mol. The van der Waals surface area contributed by atoms with Gasteiger partial charge in [-0.2, -0.15) is 4.99 Å². The number of carbonyl (C=O) groups excluding carboxylic acids is 1. The molecule has 0 amide bonds. The lowest BCUT2D eigenvalue weighted by atomic mass is 10.1. The van der Waals surface area contributed by atoms with Gasteiger partial charge in [-0.05, 0) is 33.1 Å². The average molecular weight is 275 g/mol. The van der Waals surface area contributed by atoms with Gasteiger partial charge in [0.25, 0.3) is 0 Å². The van der Waals surface area contributed by atoms with E-state index in [0.717, 1.165) is 0 Å². The van der Waals surface area contributed by atoms with Crippen LogP contribution in [0.5, 0.6) is 0 Å². The highest BCUT2D eigenvalue weighted by atomic mass is 28.4. The van der Waals surface area contributed by atoms with E-state index in [-0.39, 0.29) is 5.67 Å². The van der Waals surface area contributed by atoms with E-state index in [1.807, 2.05) is 20.8 Å². The molecule has 18 heavy (non-hydrogen) atoms. The second-order valence-electron chi connectivity index (χ2n) is 4.27. The zero-order valence-electron chi connectivity index (χ0n) is 12.1. The summed E-state index contributed by atoms with van der Waals surface area (Å²) in [6.07, 6.45) is 2.32. The van der Waals surface area contributed by atoms with Gasteiger partial charge in [-0.1, -0.05) is 13.8 Å². The Morgan fingerprint density at radius 2 is 1.50 bits per heavy atom. The summed E-state index contributed by atoms with van der Waals surface area (Å²) in [4.78, 5) is 14.5. The Morgan fingerprint density at radius 3 is 1.78 bits per heavy atom. The van der Waals surface area contributed by atoms with Crippen LogP contribution in [0.1, 0.15) is 41.0 Å². The maximum atomic E-state index is 10.6. The van der Waals surface area contributed by atoms with Crippen LogP contribution in [0.15, 0.2) is 4.99 Å². The highest BCUT2D eigenvalue weighted by molar-refractivity contribution is 6.62. The number of rotatable bonds is 10. The van der Waals surface area contributed by atoms with Gasteiger partial charge < -0.3 is 13.3 Å². The van der Waals surface area contributed by atoms with Crippen LogP contribution < -0.4 is 0 Å². The molecular weight excluding hydrogens is 250 g/mol. The molecule has 0 saturated carbocycles. The van der Waals surface area contributed by atoms with Crippen molar-refractivity contribution >= 4 is 14.9 Å². The van der Waals surface area contributed by atoms with Gasteiger partial charge in [0, 0.05) is 19.8 Å². The molecule has 0 bridgehead atoms. The summed E-state index contributed by atoms with van der Waals surface area (Å²) in [7, 11) is -2.94. The number of isocyanates is 1. The average Bonchev–Trinajstić information content (AvgIpc) is 2.29. The van der Waals surface area contributed by atoms with E-state index < -0.39 is 8.80 Å². The van der Waals surface area contributed by atoms with E-state index in [2.05, 4.69) is 18.8 Å². The first-order chi connectivity index (χ1) is 8.56. The predicted molar refractivity (Wildman–Crippen MR) is 72.0 cm³/mol. The summed E-state index contributed by atoms with van der Waals surface area (Å²) in [5.74, 6) is 0.375. The largest absolute Gasteiger partial charge is 0.527 e. The minimum Gasteiger partial charge on any atom is -0.372 e. The fourth-order valence-corrected chi connectivity index (χ4v) is 4.81. The molecule has 0 saturated heterocycles. The highest BCUT2D eigenvalue weighted by Crippen LogP contribution is 2.23. The summed E-state index contributed by atoms with van der Waals surface area (Å²) in [6.45, 7) is 11.2. The van der Waals surface area contributed by atoms with Crippen molar-refractivity contribution in [3.8, 4) is 0 Å². The lowest BCUT2D eigenvalue weighted by molar-refractivity contribution is 0.0602. The molecule has 0 radical (unpaired) electrons. The first-order valence-corrected chi connectivity index (χ1v) is 8.35. The standard InChI is InChI=1S/C12H25NO4Si/c1-6-15-18(16-7-2,17-8-3)12(13-10-14)9-11(4)5/h11-12H,6-9H2,1-5H3. The van der Waals surface area contributed by atoms with Crippen LogP contribution in [0.25, 0.3) is 0 Å². The lowest BCUT2D eigenvalue weighted by Crippen LogP contribution is -2.56. The molecule has 0 aromatic rings. The van der Waals surface area contributed by atoms with Crippen LogP contribution in [-0.2, 0) is 18.1 Å². The van der Waals surface area contributed by atoms with Crippen molar-refractivity contribution in [1.82, 2.24) is 0 Å². The molecule has 0 aliphatic carbocycles. The molecule has 0 aliphatic heterocycles. The lowest BCUT2D eigenvalue weighted by Gasteiger charge is -2.33. The fourth-order valence-electron chi connectivity index (χ4n) is 1.80. The first-order valence-electron chi connectivity index (χ1n) is 6.55. The van der Waals surface area contributed by atoms with E-state index in [1.54, 1.807) is 6.08 Å². The van der Waals surface area contributed by atoms with Crippen LogP contribution >= 0.6 is 0 Å². The Morgan fingerprint density at radius 1 is 1.06 bits per heavy atom. The van der Waals surface area contributed by atoms with Crippen LogP contribution in [0.2, 0.25) is 0 Å². The Labute approximate surface area is 111 Å². The van der Waals surface area contributed by atoms with E-state index in [1.165, 1.54) is 0 Å². The van der Waals surface area contributed by atoms with Crippen LogP contribution in [0, 0.1) is 5.92 Å². The molecular formula is C12H25NO4Si. The Hall–Kier alpha value is -0.523. The van der Waals surface area contributed by atoms with Crippen LogP contribution in [0.3, 0.4) is 0 Å². The van der Waals surface area contributed by atoms with E-state index in [4.69, 9.17) is 13.3 Å². The number of nitrogens with zero attached hydrogens (tertiary/aromatic N) is 1. The summed E-state index contributed by atoms with van der Waals surface area (Å²) in [6, 6.07) is 0. The van der Waals surface area contributed by atoms with Crippen molar-refractivity contribution in [3.05, 3.63) is 0 Å². The number of aliphatic imine (C=N–C) groups is 1. The summed E-state index contributed by atoms with van der Waals surface area (Å²) < 4.78 is 17.2. The number of hydrogen-bond acceptors (Lipinski definition) is 5. The molecule has 0 aromatic carbocycles. The molecule has 0 aromatic heterocycles. The van der Waals surface area contributed by atoms with Crippen molar-refractivity contribution in [1.29, 1.82) is 0 Å². The zero-order valence-corrected chi connectivity index (χ0v) is 13.1. The SMILES string of the molecule is CCO[Si](OCC)(OCC)C(CC(C)C)N=C=O. The van der Waals surface area contributed by atoms with Gasteiger partial charge >= 0.3 is 8.80 Å². The Balaban J connectivity index is 5.19. The van der Waals surface area contributed by atoms with Crippen molar-refractivity contribution in [2.75, 3.05) is 19.8 Å². The number of hydrogen-bond donors (Lipinski definition) is 0. The quantitative estimate of drug-likeness (QED) is 0.349. The smallest absolute Gasteiger partial charge is 0.372 e. The molecule has 0 rings (SSSR count).